The molecule has 0 heterocycles. The summed E-state index contributed by atoms with van der Waals surface area (Å²) in [6.45, 7) is 7.44. The minimum atomic E-state index is -0.407. The minimum absolute atomic E-state index is 0.402. The zero-order chi connectivity index (χ0) is 16.7. The number of nitrogens with one attached hydrogen (secondary N) is 1. The van der Waals surface area contributed by atoms with E-state index in [-0.39, 0.29) is 0 Å². The Bertz CT molecular complexity index is 733. The predicted octanol–water partition coefficient (Wildman–Crippen LogP) is 3.71. The van der Waals surface area contributed by atoms with E-state index < -0.39 is 11.8 Å². The Labute approximate surface area is 136 Å². The number of carbonyl (C=O) groups excluding carboxylic acids is 2. The third-order valence-electron chi connectivity index (χ3n) is 3.42. The van der Waals surface area contributed by atoms with Gasteiger partial charge in [0, 0.05) is 11.1 Å². The third kappa shape index (κ3) is 4.27. The van der Waals surface area contributed by atoms with Gasteiger partial charge in [-0.05, 0) is 42.2 Å². The maximum Gasteiger partial charge on any atom is 0.258 e. The normalized spacial score (nSPS) is 9.91. The molecule has 2 amide bonds. The Hall–Kier alpha value is -2.94. The molecule has 0 saturated heterocycles. The number of hydrogen-bond acceptors (Lipinski definition) is 2. The van der Waals surface area contributed by atoms with E-state index in [1.165, 1.54) is 0 Å². The average Bonchev–Trinajstić information content (AvgIpc) is 2.56. The molecule has 116 valence electrons. The van der Waals surface area contributed by atoms with Crippen molar-refractivity contribution in [1.29, 1.82) is 0 Å². The number of imide groups is 1. The molecule has 0 aromatic heterocycles. The van der Waals surface area contributed by atoms with Gasteiger partial charge in [-0.1, -0.05) is 42.5 Å². The lowest BCUT2D eigenvalue weighted by molar-refractivity contribution is 0.0849. The van der Waals surface area contributed by atoms with Crippen LogP contribution in [0.1, 0.15) is 31.8 Å². The summed E-state index contributed by atoms with van der Waals surface area (Å²) >= 11 is 0. The molecule has 0 fully saturated rings. The summed E-state index contributed by atoms with van der Waals surface area (Å²) in [5.41, 5.74) is 2.86. The summed E-state index contributed by atoms with van der Waals surface area (Å²) in [4.78, 5) is 24.5. The van der Waals surface area contributed by atoms with Crippen LogP contribution in [-0.2, 0) is 12.8 Å². The zero-order valence-corrected chi connectivity index (χ0v) is 12.9. The Kier molecular flexibility index (Phi) is 5.64. The quantitative estimate of drug-likeness (QED) is 0.653. The molecule has 2 aromatic carbocycles. The highest BCUT2D eigenvalue weighted by Gasteiger charge is 2.15. The van der Waals surface area contributed by atoms with E-state index in [2.05, 4.69) is 18.5 Å². The fourth-order valence-corrected chi connectivity index (χ4v) is 2.32. The largest absolute Gasteiger partial charge is 0.288 e. The SMILES string of the molecule is C=CCc1ccc(C(=O)NC(=O)c2ccccc2)c(CC=C)c1. The second kappa shape index (κ2) is 7.90. The van der Waals surface area contributed by atoms with Gasteiger partial charge in [0.1, 0.15) is 0 Å². The topological polar surface area (TPSA) is 46.2 Å². The lowest BCUT2D eigenvalue weighted by atomic mass is 9.99. The van der Waals surface area contributed by atoms with E-state index in [4.69, 9.17) is 0 Å². The van der Waals surface area contributed by atoms with Crippen molar-refractivity contribution in [2.45, 2.75) is 12.8 Å². The highest BCUT2D eigenvalue weighted by molar-refractivity contribution is 6.10. The first-order valence-corrected chi connectivity index (χ1v) is 7.40. The monoisotopic (exact) mass is 305 g/mol. The van der Waals surface area contributed by atoms with Crippen LogP contribution >= 0.6 is 0 Å². The molecule has 0 aliphatic carbocycles. The Balaban J connectivity index is 2.22. The molecule has 23 heavy (non-hydrogen) atoms. The number of benzene rings is 2. The first-order chi connectivity index (χ1) is 11.2. The summed E-state index contributed by atoms with van der Waals surface area (Å²) in [6, 6.07) is 14.2. The van der Waals surface area contributed by atoms with Gasteiger partial charge in [-0.2, -0.15) is 0 Å². The molecule has 0 bridgehead atoms. The first kappa shape index (κ1) is 16.4. The van der Waals surface area contributed by atoms with Crippen LogP contribution < -0.4 is 5.32 Å². The van der Waals surface area contributed by atoms with Crippen molar-refractivity contribution in [3.05, 3.63) is 96.1 Å². The summed E-state index contributed by atoms with van der Waals surface area (Å²) in [7, 11) is 0. The second-order valence-electron chi connectivity index (χ2n) is 5.13. The van der Waals surface area contributed by atoms with Crippen molar-refractivity contribution in [3.63, 3.8) is 0 Å². The Morgan fingerprint density at radius 1 is 0.913 bits per heavy atom. The van der Waals surface area contributed by atoms with Crippen molar-refractivity contribution < 1.29 is 9.59 Å². The third-order valence-corrected chi connectivity index (χ3v) is 3.42. The van der Waals surface area contributed by atoms with Gasteiger partial charge in [0.05, 0.1) is 0 Å². The van der Waals surface area contributed by atoms with Gasteiger partial charge in [-0.15, -0.1) is 13.2 Å². The van der Waals surface area contributed by atoms with Crippen molar-refractivity contribution in [2.24, 2.45) is 0 Å². The van der Waals surface area contributed by atoms with Crippen molar-refractivity contribution >= 4 is 11.8 Å². The van der Waals surface area contributed by atoms with Gasteiger partial charge in [0.15, 0.2) is 0 Å². The van der Waals surface area contributed by atoms with E-state index in [1.54, 1.807) is 36.4 Å². The molecule has 0 atom stereocenters. The molecular weight excluding hydrogens is 286 g/mol. The summed E-state index contributed by atoms with van der Waals surface area (Å²) < 4.78 is 0. The first-order valence-electron chi connectivity index (χ1n) is 7.40. The van der Waals surface area contributed by atoms with Gasteiger partial charge < -0.3 is 0 Å². The fourth-order valence-electron chi connectivity index (χ4n) is 2.32. The molecule has 3 heteroatoms. The number of rotatable bonds is 6. The van der Waals surface area contributed by atoms with Crippen LogP contribution in [0.5, 0.6) is 0 Å². The summed E-state index contributed by atoms with van der Waals surface area (Å²) in [5.74, 6) is -0.809. The molecule has 0 spiro atoms. The van der Waals surface area contributed by atoms with Gasteiger partial charge in [0.2, 0.25) is 0 Å². The lowest BCUT2D eigenvalue weighted by Crippen LogP contribution is -2.31. The number of amides is 2. The van der Waals surface area contributed by atoms with E-state index in [0.717, 1.165) is 17.5 Å². The van der Waals surface area contributed by atoms with Crippen LogP contribution in [0.4, 0.5) is 0 Å². The standard InChI is InChI=1S/C20H19NO2/c1-3-8-15-12-13-18(17(14-15)9-4-2)20(23)21-19(22)16-10-6-5-7-11-16/h3-7,10-14H,1-2,8-9H2,(H,21,22,23). The fraction of sp³-hybridized carbons (Fsp3) is 0.100. The Morgan fingerprint density at radius 2 is 1.61 bits per heavy atom. The zero-order valence-electron chi connectivity index (χ0n) is 12.9. The molecule has 3 nitrogen and oxygen atoms in total. The van der Waals surface area contributed by atoms with Gasteiger partial charge >= 0.3 is 0 Å². The van der Waals surface area contributed by atoms with Crippen molar-refractivity contribution in [2.75, 3.05) is 0 Å². The van der Waals surface area contributed by atoms with Crippen LogP contribution in [-0.4, -0.2) is 11.8 Å². The van der Waals surface area contributed by atoms with Crippen molar-refractivity contribution in [1.82, 2.24) is 5.32 Å². The van der Waals surface area contributed by atoms with Gasteiger partial charge in [0.25, 0.3) is 11.8 Å². The number of allylic oxidation sites excluding steroid dienone is 2. The summed E-state index contributed by atoms with van der Waals surface area (Å²) in [6.07, 6.45) is 4.84. The second-order valence-corrected chi connectivity index (χ2v) is 5.13. The van der Waals surface area contributed by atoms with E-state index >= 15 is 0 Å². The molecule has 0 aliphatic rings. The molecule has 0 unspecified atom stereocenters. The van der Waals surface area contributed by atoms with Gasteiger partial charge in [-0.3, -0.25) is 14.9 Å². The van der Waals surface area contributed by atoms with Crippen LogP contribution in [0.2, 0.25) is 0 Å². The predicted molar refractivity (Wildman–Crippen MR) is 92.5 cm³/mol. The lowest BCUT2D eigenvalue weighted by Gasteiger charge is -2.10. The molecule has 2 rings (SSSR count). The maximum absolute atomic E-state index is 12.4. The van der Waals surface area contributed by atoms with Crippen LogP contribution in [0, 0.1) is 0 Å². The highest BCUT2D eigenvalue weighted by Crippen LogP contribution is 2.15. The van der Waals surface area contributed by atoms with E-state index in [9.17, 15) is 9.59 Å². The highest BCUT2D eigenvalue weighted by atomic mass is 16.2. The van der Waals surface area contributed by atoms with Gasteiger partial charge in [-0.25, -0.2) is 0 Å². The number of carbonyl (C=O) groups is 2. The van der Waals surface area contributed by atoms with Crippen LogP contribution in [0.25, 0.3) is 0 Å². The van der Waals surface area contributed by atoms with Crippen molar-refractivity contribution in [3.8, 4) is 0 Å². The smallest absolute Gasteiger partial charge is 0.258 e. The maximum atomic E-state index is 12.4. The molecule has 0 radical (unpaired) electrons. The molecular formula is C20H19NO2. The van der Waals surface area contributed by atoms with Crippen LogP contribution in [0.15, 0.2) is 73.8 Å². The summed E-state index contributed by atoms with van der Waals surface area (Å²) in [5, 5.41) is 2.43. The van der Waals surface area contributed by atoms with E-state index in [1.807, 2.05) is 24.3 Å². The van der Waals surface area contributed by atoms with E-state index in [0.29, 0.717) is 17.5 Å². The molecule has 1 N–H and O–H groups in total. The molecule has 2 aromatic rings. The average molecular weight is 305 g/mol. The minimum Gasteiger partial charge on any atom is -0.288 e. The molecule has 0 aliphatic heterocycles. The Morgan fingerprint density at radius 3 is 2.26 bits per heavy atom. The molecule has 0 saturated carbocycles. The number of hydrogen-bond donors (Lipinski definition) is 1. The van der Waals surface area contributed by atoms with Crippen LogP contribution in [0.3, 0.4) is 0 Å².